The van der Waals surface area contributed by atoms with Gasteiger partial charge in [0.05, 0.1) is 6.33 Å². The molecular formula is C12H18N4O4. The quantitative estimate of drug-likeness (QED) is 0.508. The second kappa shape index (κ2) is 7.93. The summed E-state index contributed by atoms with van der Waals surface area (Å²) in [6.07, 6.45) is 3.95. The van der Waals surface area contributed by atoms with Crippen LogP contribution in [0.15, 0.2) is 12.5 Å². The lowest BCUT2D eigenvalue weighted by Crippen LogP contribution is -2.40. The van der Waals surface area contributed by atoms with Gasteiger partial charge in [-0.05, 0) is 6.42 Å². The first-order chi connectivity index (χ1) is 9.49. The molecule has 0 radical (unpaired) electrons. The SMILES string of the molecule is CC(=O)N[C@@H](CCC(=O)NCCc1cnc[nH]1)C(=O)O. The fraction of sp³-hybridized carbons (Fsp3) is 0.500. The zero-order valence-corrected chi connectivity index (χ0v) is 11.2. The molecule has 0 unspecified atom stereocenters. The number of imidazole rings is 1. The molecule has 8 heteroatoms. The standard InChI is InChI=1S/C12H18N4O4/c1-8(17)16-10(12(19)20)2-3-11(18)14-5-4-9-6-13-7-15-9/h6-7,10H,2-5H2,1H3,(H,13,15)(H,14,18)(H,16,17)(H,19,20)/t10-/m0/s1. The summed E-state index contributed by atoms with van der Waals surface area (Å²) in [7, 11) is 0. The Labute approximate surface area is 116 Å². The van der Waals surface area contributed by atoms with Crippen LogP contribution < -0.4 is 10.6 Å². The number of nitrogens with one attached hydrogen (secondary N) is 3. The van der Waals surface area contributed by atoms with Gasteiger partial charge >= 0.3 is 5.97 Å². The van der Waals surface area contributed by atoms with Crippen molar-refractivity contribution < 1.29 is 19.5 Å². The molecule has 1 rings (SSSR count). The predicted molar refractivity (Wildman–Crippen MR) is 69.8 cm³/mol. The van der Waals surface area contributed by atoms with Crippen LogP contribution in [-0.2, 0) is 20.8 Å². The summed E-state index contributed by atoms with van der Waals surface area (Å²) < 4.78 is 0. The van der Waals surface area contributed by atoms with E-state index in [1.54, 1.807) is 12.5 Å². The van der Waals surface area contributed by atoms with Crippen molar-refractivity contribution in [2.45, 2.75) is 32.2 Å². The molecule has 0 bridgehead atoms. The van der Waals surface area contributed by atoms with E-state index < -0.39 is 17.9 Å². The average molecular weight is 282 g/mol. The highest BCUT2D eigenvalue weighted by atomic mass is 16.4. The van der Waals surface area contributed by atoms with Crippen molar-refractivity contribution in [1.29, 1.82) is 0 Å². The molecule has 0 fully saturated rings. The first-order valence-corrected chi connectivity index (χ1v) is 6.23. The average Bonchev–Trinajstić information content (AvgIpc) is 2.86. The summed E-state index contributed by atoms with van der Waals surface area (Å²) in [4.78, 5) is 40.0. The molecule has 0 aromatic carbocycles. The number of hydrogen-bond acceptors (Lipinski definition) is 4. The molecule has 0 aliphatic rings. The Bertz CT molecular complexity index is 458. The number of aromatic nitrogens is 2. The lowest BCUT2D eigenvalue weighted by atomic mass is 10.1. The Morgan fingerprint density at radius 2 is 2.20 bits per heavy atom. The Morgan fingerprint density at radius 3 is 2.75 bits per heavy atom. The summed E-state index contributed by atoms with van der Waals surface area (Å²) in [5.41, 5.74) is 0.909. The van der Waals surface area contributed by atoms with Gasteiger partial charge in [-0.3, -0.25) is 9.59 Å². The van der Waals surface area contributed by atoms with Gasteiger partial charge in [0.15, 0.2) is 0 Å². The number of carboxylic acid groups (broad SMARTS) is 1. The number of H-pyrrole nitrogens is 1. The topological polar surface area (TPSA) is 124 Å². The number of aromatic amines is 1. The number of carbonyl (C=O) groups excluding carboxylic acids is 2. The van der Waals surface area contributed by atoms with Crippen LogP contribution in [0, 0.1) is 0 Å². The van der Waals surface area contributed by atoms with Crippen LogP contribution in [0.3, 0.4) is 0 Å². The maximum Gasteiger partial charge on any atom is 0.326 e. The Morgan fingerprint density at radius 1 is 1.45 bits per heavy atom. The van der Waals surface area contributed by atoms with E-state index in [-0.39, 0.29) is 18.7 Å². The molecule has 0 saturated carbocycles. The molecule has 1 atom stereocenters. The molecule has 1 heterocycles. The molecule has 0 aliphatic heterocycles. The number of hydrogen-bond donors (Lipinski definition) is 4. The van der Waals surface area contributed by atoms with Gasteiger partial charge in [-0.1, -0.05) is 0 Å². The summed E-state index contributed by atoms with van der Waals surface area (Å²) in [5.74, 6) is -1.83. The van der Waals surface area contributed by atoms with Gasteiger partial charge < -0.3 is 20.7 Å². The first-order valence-electron chi connectivity index (χ1n) is 6.23. The predicted octanol–water partition coefficient (Wildman–Crippen LogP) is -0.562. The van der Waals surface area contributed by atoms with Crippen molar-refractivity contribution in [2.75, 3.05) is 6.54 Å². The largest absolute Gasteiger partial charge is 0.480 e. The fourth-order valence-electron chi connectivity index (χ4n) is 1.62. The maximum absolute atomic E-state index is 11.5. The molecule has 20 heavy (non-hydrogen) atoms. The van der Waals surface area contributed by atoms with Crippen molar-refractivity contribution in [1.82, 2.24) is 20.6 Å². The Balaban J connectivity index is 2.23. The lowest BCUT2D eigenvalue weighted by molar-refractivity contribution is -0.141. The second-order valence-corrected chi connectivity index (χ2v) is 4.31. The van der Waals surface area contributed by atoms with E-state index in [1.807, 2.05) is 0 Å². The van der Waals surface area contributed by atoms with Gasteiger partial charge in [0.1, 0.15) is 6.04 Å². The summed E-state index contributed by atoms with van der Waals surface area (Å²) in [6, 6.07) is -1.04. The van der Waals surface area contributed by atoms with Crippen LogP contribution in [0.1, 0.15) is 25.5 Å². The molecule has 110 valence electrons. The zero-order valence-electron chi connectivity index (χ0n) is 11.2. The van der Waals surface area contributed by atoms with Crippen LogP contribution in [0.2, 0.25) is 0 Å². The van der Waals surface area contributed by atoms with Crippen molar-refractivity contribution in [3.63, 3.8) is 0 Å². The van der Waals surface area contributed by atoms with E-state index in [1.165, 1.54) is 6.92 Å². The zero-order chi connectivity index (χ0) is 15.0. The highest BCUT2D eigenvalue weighted by Gasteiger charge is 2.19. The Hall–Kier alpha value is -2.38. The third-order valence-corrected chi connectivity index (χ3v) is 2.61. The molecule has 0 aliphatic carbocycles. The van der Waals surface area contributed by atoms with Crippen LogP contribution in [0.5, 0.6) is 0 Å². The number of rotatable bonds is 8. The van der Waals surface area contributed by atoms with Gasteiger partial charge in [-0.2, -0.15) is 0 Å². The summed E-state index contributed by atoms with van der Waals surface area (Å²) >= 11 is 0. The number of nitrogens with zero attached hydrogens (tertiary/aromatic N) is 1. The minimum absolute atomic E-state index is 0.0419. The van der Waals surface area contributed by atoms with Crippen molar-refractivity contribution in [3.8, 4) is 0 Å². The molecule has 4 N–H and O–H groups in total. The molecule has 1 aromatic heterocycles. The third kappa shape index (κ3) is 5.98. The van der Waals surface area contributed by atoms with E-state index in [2.05, 4.69) is 20.6 Å². The van der Waals surface area contributed by atoms with Crippen LogP contribution >= 0.6 is 0 Å². The maximum atomic E-state index is 11.5. The lowest BCUT2D eigenvalue weighted by Gasteiger charge is -2.12. The number of aliphatic carboxylic acids is 1. The van der Waals surface area contributed by atoms with Gasteiger partial charge in [-0.15, -0.1) is 0 Å². The van der Waals surface area contributed by atoms with Crippen LogP contribution in [0.25, 0.3) is 0 Å². The highest BCUT2D eigenvalue weighted by molar-refractivity contribution is 5.83. The van der Waals surface area contributed by atoms with Gasteiger partial charge in [0, 0.05) is 38.2 Å². The monoisotopic (exact) mass is 282 g/mol. The van der Waals surface area contributed by atoms with Crippen LogP contribution in [0.4, 0.5) is 0 Å². The summed E-state index contributed by atoms with van der Waals surface area (Å²) in [5, 5.41) is 13.8. The van der Waals surface area contributed by atoms with E-state index in [0.717, 1.165) is 5.69 Å². The van der Waals surface area contributed by atoms with E-state index in [4.69, 9.17) is 5.11 Å². The van der Waals surface area contributed by atoms with E-state index in [9.17, 15) is 14.4 Å². The molecule has 0 saturated heterocycles. The third-order valence-electron chi connectivity index (χ3n) is 2.61. The second-order valence-electron chi connectivity index (χ2n) is 4.31. The van der Waals surface area contributed by atoms with Gasteiger partial charge in [0.2, 0.25) is 11.8 Å². The van der Waals surface area contributed by atoms with Gasteiger partial charge in [0.25, 0.3) is 0 Å². The van der Waals surface area contributed by atoms with Crippen molar-refractivity contribution in [3.05, 3.63) is 18.2 Å². The smallest absolute Gasteiger partial charge is 0.326 e. The fourth-order valence-corrected chi connectivity index (χ4v) is 1.62. The minimum atomic E-state index is -1.15. The molecule has 8 nitrogen and oxygen atoms in total. The van der Waals surface area contributed by atoms with E-state index in [0.29, 0.717) is 13.0 Å². The molecule has 2 amide bonds. The van der Waals surface area contributed by atoms with Gasteiger partial charge in [-0.25, -0.2) is 9.78 Å². The normalized spacial score (nSPS) is 11.7. The number of amides is 2. The molecular weight excluding hydrogens is 264 g/mol. The number of carboxylic acids is 1. The summed E-state index contributed by atoms with van der Waals surface area (Å²) in [6.45, 7) is 1.68. The first kappa shape index (κ1) is 15.7. The highest BCUT2D eigenvalue weighted by Crippen LogP contribution is 1.98. The number of carbonyl (C=O) groups is 3. The Kier molecular flexibility index (Phi) is 6.21. The van der Waals surface area contributed by atoms with E-state index >= 15 is 0 Å². The molecule has 0 spiro atoms. The van der Waals surface area contributed by atoms with Crippen LogP contribution in [-0.4, -0.2) is 45.4 Å². The minimum Gasteiger partial charge on any atom is -0.480 e. The van der Waals surface area contributed by atoms with Crippen molar-refractivity contribution >= 4 is 17.8 Å². The van der Waals surface area contributed by atoms with Crippen molar-refractivity contribution in [2.24, 2.45) is 0 Å². The molecule has 1 aromatic rings.